The number of carbonyl (C=O) groups excluding carboxylic acids is 2. The lowest BCUT2D eigenvalue weighted by Gasteiger charge is -2.20. The van der Waals surface area contributed by atoms with Gasteiger partial charge in [0.1, 0.15) is 6.04 Å². The van der Waals surface area contributed by atoms with Gasteiger partial charge < -0.3 is 14.8 Å². The van der Waals surface area contributed by atoms with Crippen molar-refractivity contribution >= 4 is 34.0 Å². The molecule has 7 nitrogen and oxygen atoms in total. The van der Waals surface area contributed by atoms with Crippen LogP contribution < -0.4 is 20.2 Å². The molecule has 0 fully saturated rings. The van der Waals surface area contributed by atoms with Gasteiger partial charge in [-0.05, 0) is 41.8 Å². The van der Waals surface area contributed by atoms with E-state index in [1.165, 1.54) is 0 Å². The molecule has 0 unspecified atom stereocenters. The fourth-order valence-electron chi connectivity index (χ4n) is 2.59. The summed E-state index contributed by atoms with van der Waals surface area (Å²) in [6, 6.07) is 11.6. The highest BCUT2D eigenvalue weighted by Crippen LogP contribution is 2.32. The third kappa shape index (κ3) is 4.89. The smallest absolute Gasteiger partial charge is 0.262 e. The molecule has 8 heteroatoms. The number of amides is 2. The number of halogens is 1. The molecule has 0 saturated carbocycles. The van der Waals surface area contributed by atoms with Crippen LogP contribution in [-0.4, -0.2) is 30.9 Å². The van der Waals surface area contributed by atoms with Crippen LogP contribution in [0, 0.1) is 5.92 Å². The van der Waals surface area contributed by atoms with Gasteiger partial charge >= 0.3 is 0 Å². The van der Waals surface area contributed by atoms with Crippen LogP contribution in [0.25, 0.3) is 0 Å². The van der Waals surface area contributed by atoms with Crippen LogP contribution in [-0.2, 0) is 4.79 Å². The number of nitrogens with zero attached hydrogens (tertiary/aromatic N) is 1. The van der Waals surface area contributed by atoms with Gasteiger partial charge in [-0.3, -0.25) is 9.59 Å². The Morgan fingerprint density at radius 2 is 1.82 bits per heavy atom. The number of fused-ring (bicyclic) bond motifs is 1. The molecule has 2 amide bonds. The van der Waals surface area contributed by atoms with Gasteiger partial charge in [0.15, 0.2) is 11.5 Å². The van der Waals surface area contributed by atoms with Gasteiger partial charge in [-0.2, -0.15) is 5.10 Å². The molecule has 0 aliphatic carbocycles. The van der Waals surface area contributed by atoms with Crippen molar-refractivity contribution in [3.63, 3.8) is 0 Å². The Labute approximate surface area is 171 Å². The SMILES string of the molecule is CC(C)[C@H](NC(=O)c1ccc2c(c1)OCO2)C(=O)N/N=C/c1ccc(Br)cc1. The molecule has 146 valence electrons. The van der Waals surface area contributed by atoms with Crippen LogP contribution >= 0.6 is 15.9 Å². The standard InChI is InChI=1S/C20H20BrN3O4/c1-12(2)18(20(26)24-22-10-13-3-6-15(21)7-4-13)23-19(25)14-5-8-16-17(9-14)28-11-27-16/h3-10,12,18H,11H2,1-2H3,(H,23,25)(H,24,26)/b22-10+/t18-/m0/s1. The first-order valence-corrected chi connectivity index (χ1v) is 9.52. The van der Waals surface area contributed by atoms with E-state index in [1.54, 1.807) is 24.4 Å². The fourth-order valence-corrected chi connectivity index (χ4v) is 2.85. The summed E-state index contributed by atoms with van der Waals surface area (Å²) in [4.78, 5) is 25.1. The number of carbonyl (C=O) groups is 2. The summed E-state index contributed by atoms with van der Waals surface area (Å²) in [5.74, 6) is 0.219. The first-order valence-electron chi connectivity index (χ1n) is 8.73. The number of hydrogen-bond donors (Lipinski definition) is 2. The lowest BCUT2D eigenvalue weighted by Crippen LogP contribution is -2.48. The third-order valence-electron chi connectivity index (χ3n) is 4.13. The van der Waals surface area contributed by atoms with Crippen molar-refractivity contribution in [1.29, 1.82) is 0 Å². The topological polar surface area (TPSA) is 89.0 Å². The average Bonchev–Trinajstić information content (AvgIpc) is 3.14. The molecule has 28 heavy (non-hydrogen) atoms. The summed E-state index contributed by atoms with van der Waals surface area (Å²) in [5, 5.41) is 6.73. The Hall–Kier alpha value is -2.87. The molecule has 0 bridgehead atoms. The van der Waals surface area contributed by atoms with Crippen molar-refractivity contribution in [3.05, 3.63) is 58.1 Å². The fraction of sp³-hybridized carbons (Fsp3) is 0.250. The number of nitrogens with one attached hydrogen (secondary N) is 2. The van der Waals surface area contributed by atoms with Crippen LogP contribution in [0.15, 0.2) is 52.0 Å². The molecule has 2 aromatic rings. The van der Waals surface area contributed by atoms with Crippen molar-refractivity contribution < 1.29 is 19.1 Å². The van der Waals surface area contributed by atoms with Gasteiger partial charge in [0.05, 0.1) is 6.21 Å². The predicted molar refractivity (Wildman–Crippen MR) is 109 cm³/mol. The second-order valence-electron chi connectivity index (χ2n) is 6.55. The molecule has 1 heterocycles. The monoisotopic (exact) mass is 445 g/mol. The van der Waals surface area contributed by atoms with Gasteiger partial charge in [0.2, 0.25) is 6.79 Å². The van der Waals surface area contributed by atoms with Crippen molar-refractivity contribution in [2.45, 2.75) is 19.9 Å². The van der Waals surface area contributed by atoms with E-state index in [-0.39, 0.29) is 18.6 Å². The van der Waals surface area contributed by atoms with Gasteiger partial charge in [-0.15, -0.1) is 0 Å². The molecule has 2 aromatic carbocycles. The van der Waals surface area contributed by atoms with E-state index in [0.717, 1.165) is 10.0 Å². The highest BCUT2D eigenvalue weighted by Gasteiger charge is 2.25. The van der Waals surface area contributed by atoms with Crippen LogP contribution in [0.2, 0.25) is 0 Å². The van der Waals surface area contributed by atoms with Crippen molar-refractivity contribution in [2.24, 2.45) is 11.0 Å². The van der Waals surface area contributed by atoms with Crippen LogP contribution in [0.1, 0.15) is 29.8 Å². The highest BCUT2D eigenvalue weighted by molar-refractivity contribution is 9.10. The number of hydrogen-bond acceptors (Lipinski definition) is 5. The third-order valence-corrected chi connectivity index (χ3v) is 4.66. The Morgan fingerprint density at radius 1 is 1.11 bits per heavy atom. The zero-order valence-electron chi connectivity index (χ0n) is 15.4. The van der Waals surface area contributed by atoms with E-state index in [4.69, 9.17) is 9.47 Å². The zero-order valence-corrected chi connectivity index (χ0v) is 17.0. The second-order valence-corrected chi connectivity index (χ2v) is 7.46. The van der Waals surface area contributed by atoms with E-state index in [9.17, 15) is 9.59 Å². The Morgan fingerprint density at radius 3 is 2.54 bits per heavy atom. The number of benzene rings is 2. The predicted octanol–water partition coefficient (Wildman–Crippen LogP) is 3.08. The lowest BCUT2D eigenvalue weighted by atomic mass is 10.0. The molecule has 2 N–H and O–H groups in total. The summed E-state index contributed by atoms with van der Waals surface area (Å²) in [5.41, 5.74) is 3.72. The average molecular weight is 446 g/mol. The Bertz CT molecular complexity index is 897. The van der Waals surface area contributed by atoms with Crippen LogP contribution in [0.5, 0.6) is 11.5 Å². The van der Waals surface area contributed by atoms with Crippen molar-refractivity contribution in [3.8, 4) is 11.5 Å². The maximum atomic E-state index is 12.6. The molecule has 1 aliphatic rings. The molecule has 0 radical (unpaired) electrons. The minimum Gasteiger partial charge on any atom is -0.454 e. The molecule has 1 atom stereocenters. The van der Waals surface area contributed by atoms with Gasteiger partial charge in [0, 0.05) is 10.0 Å². The van der Waals surface area contributed by atoms with E-state index < -0.39 is 11.9 Å². The molecular formula is C20H20BrN3O4. The van der Waals surface area contributed by atoms with Gasteiger partial charge in [-0.25, -0.2) is 5.43 Å². The largest absolute Gasteiger partial charge is 0.454 e. The zero-order chi connectivity index (χ0) is 20.1. The van der Waals surface area contributed by atoms with Crippen molar-refractivity contribution in [1.82, 2.24) is 10.7 Å². The first-order chi connectivity index (χ1) is 13.4. The maximum Gasteiger partial charge on any atom is 0.262 e. The van der Waals surface area contributed by atoms with E-state index in [0.29, 0.717) is 17.1 Å². The summed E-state index contributed by atoms with van der Waals surface area (Å²) in [6.07, 6.45) is 1.54. The molecule has 1 aliphatic heterocycles. The summed E-state index contributed by atoms with van der Waals surface area (Å²) in [7, 11) is 0. The first kappa shape index (κ1) is 19.9. The Kier molecular flexibility index (Phi) is 6.30. The highest BCUT2D eigenvalue weighted by atomic mass is 79.9. The van der Waals surface area contributed by atoms with Gasteiger partial charge in [0.25, 0.3) is 11.8 Å². The van der Waals surface area contributed by atoms with Crippen molar-refractivity contribution in [2.75, 3.05) is 6.79 Å². The normalized spacial score (nSPS) is 13.6. The van der Waals surface area contributed by atoms with Crippen LogP contribution in [0.4, 0.5) is 0 Å². The number of hydrazone groups is 1. The minimum atomic E-state index is -0.736. The number of ether oxygens (including phenoxy) is 2. The molecule has 0 aromatic heterocycles. The number of rotatable bonds is 6. The maximum absolute atomic E-state index is 12.6. The van der Waals surface area contributed by atoms with Crippen LogP contribution in [0.3, 0.4) is 0 Å². The lowest BCUT2D eigenvalue weighted by molar-refractivity contribution is -0.123. The molecule has 0 spiro atoms. The van der Waals surface area contributed by atoms with E-state index in [2.05, 4.69) is 31.8 Å². The Balaban J connectivity index is 1.62. The minimum absolute atomic E-state index is 0.124. The summed E-state index contributed by atoms with van der Waals surface area (Å²) in [6.45, 7) is 3.83. The molecular weight excluding hydrogens is 426 g/mol. The summed E-state index contributed by atoms with van der Waals surface area (Å²) >= 11 is 3.36. The molecule has 0 saturated heterocycles. The summed E-state index contributed by atoms with van der Waals surface area (Å²) < 4.78 is 11.5. The quantitative estimate of drug-likeness (QED) is 0.528. The van der Waals surface area contributed by atoms with E-state index in [1.807, 2.05) is 38.1 Å². The second kappa shape index (κ2) is 8.88. The van der Waals surface area contributed by atoms with E-state index >= 15 is 0 Å². The van der Waals surface area contributed by atoms with Gasteiger partial charge in [-0.1, -0.05) is 41.9 Å². The molecule has 3 rings (SSSR count).